The molecule has 4 aromatic rings. The molecule has 34 heavy (non-hydrogen) atoms. The van der Waals surface area contributed by atoms with Gasteiger partial charge >= 0.3 is 5.97 Å². The van der Waals surface area contributed by atoms with Crippen LogP contribution < -0.4 is 10.1 Å². The number of rotatable bonds is 9. The van der Waals surface area contributed by atoms with Crippen LogP contribution in [0.2, 0.25) is 0 Å². The number of carbonyl (C=O) groups is 2. The van der Waals surface area contributed by atoms with E-state index in [4.69, 9.17) is 14.5 Å². The van der Waals surface area contributed by atoms with Gasteiger partial charge in [-0.2, -0.15) is 0 Å². The van der Waals surface area contributed by atoms with E-state index in [1.807, 2.05) is 55.5 Å². The molecular weight excluding hydrogens is 468 g/mol. The summed E-state index contributed by atoms with van der Waals surface area (Å²) in [5.74, 6) is 0.245. The van der Waals surface area contributed by atoms with Gasteiger partial charge in [-0.25, -0.2) is 9.78 Å². The van der Waals surface area contributed by atoms with E-state index in [1.54, 1.807) is 31.2 Å². The van der Waals surface area contributed by atoms with Crippen molar-refractivity contribution in [3.8, 4) is 5.75 Å². The summed E-state index contributed by atoms with van der Waals surface area (Å²) in [6, 6.07) is 22.1. The fraction of sp³-hybridized carbons (Fsp3) is 0.192. The van der Waals surface area contributed by atoms with Crippen molar-refractivity contribution in [3.05, 3.63) is 83.9 Å². The molecule has 0 aliphatic heterocycles. The van der Waals surface area contributed by atoms with Gasteiger partial charge in [0.05, 0.1) is 29.0 Å². The van der Waals surface area contributed by atoms with Gasteiger partial charge in [0.15, 0.2) is 4.34 Å². The number of ether oxygens (including phenoxy) is 2. The highest BCUT2D eigenvalue weighted by Gasteiger charge is 2.24. The number of carbonyl (C=O) groups excluding carboxylic acids is 2. The smallest absolute Gasteiger partial charge is 0.338 e. The lowest BCUT2D eigenvalue weighted by Gasteiger charge is -2.16. The molecule has 0 unspecified atom stereocenters. The molecule has 174 valence electrons. The van der Waals surface area contributed by atoms with Gasteiger partial charge in [-0.3, -0.25) is 4.79 Å². The second-order valence-electron chi connectivity index (χ2n) is 7.24. The molecule has 0 fully saturated rings. The first-order valence-electron chi connectivity index (χ1n) is 10.9. The second-order valence-corrected chi connectivity index (χ2v) is 9.62. The molecular formula is C26H24N2O4S2. The van der Waals surface area contributed by atoms with E-state index >= 15 is 0 Å². The number of hydrogen-bond donors (Lipinski definition) is 1. The Morgan fingerprint density at radius 3 is 2.47 bits per heavy atom. The molecule has 0 bridgehead atoms. The first-order chi connectivity index (χ1) is 16.6. The van der Waals surface area contributed by atoms with Crippen molar-refractivity contribution in [2.24, 2.45) is 0 Å². The van der Waals surface area contributed by atoms with Crippen molar-refractivity contribution < 1.29 is 19.1 Å². The van der Waals surface area contributed by atoms with E-state index < -0.39 is 5.25 Å². The molecule has 1 amide bonds. The summed E-state index contributed by atoms with van der Waals surface area (Å²) in [6.07, 6.45) is 0. The van der Waals surface area contributed by atoms with Crippen molar-refractivity contribution in [2.45, 2.75) is 23.4 Å². The average Bonchev–Trinajstić information content (AvgIpc) is 3.26. The van der Waals surface area contributed by atoms with Crippen LogP contribution in [-0.2, 0) is 9.53 Å². The summed E-state index contributed by atoms with van der Waals surface area (Å²) in [4.78, 5) is 29.9. The number of benzene rings is 3. The number of hydrogen-bond acceptors (Lipinski definition) is 7. The Morgan fingerprint density at radius 2 is 1.76 bits per heavy atom. The number of esters is 1. The molecule has 1 N–H and O–H groups in total. The van der Waals surface area contributed by atoms with Gasteiger partial charge in [0.25, 0.3) is 0 Å². The van der Waals surface area contributed by atoms with Crippen molar-refractivity contribution in [3.63, 3.8) is 0 Å². The Hall–Kier alpha value is -3.36. The lowest BCUT2D eigenvalue weighted by atomic mass is 10.1. The van der Waals surface area contributed by atoms with Gasteiger partial charge in [-0.05, 0) is 61.9 Å². The number of aromatic nitrogens is 1. The molecule has 0 spiro atoms. The first-order valence-corrected chi connectivity index (χ1v) is 12.6. The van der Waals surface area contributed by atoms with Crippen LogP contribution >= 0.6 is 23.1 Å². The summed E-state index contributed by atoms with van der Waals surface area (Å²) in [6.45, 7) is 4.62. The molecule has 0 aliphatic rings. The third-order valence-electron chi connectivity index (χ3n) is 4.87. The van der Waals surface area contributed by atoms with Crippen LogP contribution in [0.5, 0.6) is 5.75 Å². The highest BCUT2D eigenvalue weighted by molar-refractivity contribution is 8.02. The van der Waals surface area contributed by atoms with Gasteiger partial charge in [-0.15, -0.1) is 11.3 Å². The minimum atomic E-state index is -0.502. The maximum Gasteiger partial charge on any atom is 0.338 e. The van der Waals surface area contributed by atoms with E-state index in [9.17, 15) is 9.59 Å². The van der Waals surface area contributed by atoms with Crippen molar-refractivity contribution in [2.75, 3.05) is 18.5 Å². The summed E-state index contributed by atoms with van der Waals surface area (Å²) < 4.78 is 12.4. The van der Waals surface area contributed by atoms with E-state index in [0.29, 0.717) is 24.5 Å². The minimum absolute atomic E-state index is 0.172. The summed E-state index contributed by atoms with van der Waals surface area (Å²) in [5, 5.41) is 2.46. The van der Waals surface area contributed by atoms with Crippen LogP contribution in [0.4, 0.5) is 5.69 Å². The first kappa shape index (κ1) is 23.8. The maximum atomic E-state index is 13.3. The average molecular weight is 493 g/mol. The summed E-state index contributed by atoms with van der Waals surface area (Å²) >= 11 is 2.94. The summed E-state index contributed by atoms with van der Waals surface area (Å²) in [7, 11) is 0. The van der Waals surface area contributed by atoms with Gasteiger partial charge in [0.2, 0.25) is 5.91 Å². The van der Waals surface area contributed by atoms with Gasteiger partial charge in [0, 0.05) is 5.69 Å². The topological polar surface area (TPSA) is 77.5 Å². The highest BCUT2D eigenvalue weighted by Crippen LogP contribution is 2.40. The van der Waals surface area contributed by atoms with Gasteiger partial charge in [-0.1, -0.05) is 42.1 Å². The molecule has 0 saturated carbocycles. The molecule has 0 radical (unpaired) electrons. The van der Waals surface area contributed by atoms with Crippen LogP contribution in [0.3, 0.4) is 0 Å². The van der Waals surface area contributed by atoms with Crippen molar-refractivity contribution in [1.29, 1.82) is 0 Å². The second kappa shape index (κ2) is 11.2. The van der Waals surface area contributed by atoms with Crippen molar-refractivity contribution in [1.82, 2.24) is 4.98 Å². The zero-order valence-corrected chi connectivity index (χ0v) is 20.4. The minimum Gasteiger partial charge on any atom is -0.494 e. The molecule has 1 heterocycles. The standard InChI is InChI=1S/C26H24N2O4S2/c1-3-31-20-14-15-21-22(16-20)33-26(28-21)34-23(17-8-6-5-7-9-17)24(29)27-19-12-10-18(11-13-19)25(30)32-4-2/h5-16,23H,3-4H2,1-2H3,(H,27,29)/t23-/m1/s1. The molecule has 1 atom stereocenters. The number of thioether (sulfide) groups is 1. The van der Waals surface area contributed by atoms with E-state index in [2.05, 4.69) is 5.32 Å². The zero-order valence-electron chi connectivity index (χ0n) is 18.8. The predicted octanol–water partition coefficient (Wildman–Crippen LogP) is 6.34. The molecule has 6 nitrogen and oxygen atoms in total. The molecule has 3 aromatic carbocycles. The largest absolute Gasteiger partial charge is 0.494 e. The zero-order chi connectivity index (χ0) is 23.9. The number of fused-ring (bicyclic) bond motifs is 1. The Morgan fingerprint density at radius 1 is 1.00 bits per heavy atom. The third-order valence-corrected chi connectivity index (χ3v) is 7.24. The van der Waals surface area contributed by atoms with Gasteiger partial charge < -0.3 is 14.8 Å². The van der Waals surface area contributed by atoms with Gasteiger partial charge in [0.1, 0.15) is 11.0 Å². The van der Waals surface area contributed by atoms with Crippen LogP contribution in [0, 0.1) is 0 Å². The fourth-order valence-corrected chi connectivity index (χ4v) is 5.59. The SMILES string of the molecule is CCOC(=O)c1ccc(NC(=O)[C@H](Sc2nc3ccc(OCC)cc3s2)c2ccccc2)cc1. The molecule has 0 aliphatic carbocycles. The van der Waals surface area contributed by atoms with Crippen molar-refractivity contribution >= 4 is 50.9 Å². The predicted molar refractivity (Wildman–Crippen MR) is 137 cm³/mol. The van der Waals surface area contributed by atoms with Crippen LogP contribution in [-0.4, -0.2) is 30.1 Å². The quantitative estimate of drug-likeness (QED) is 0.217. The van der Waals surface area contributed by atoms with E-state index in [-0.39, 0.29) is 11.9 Å². The maximum absolute atomic E-state index is 13.3. The normalized spacial score (nSPS) is 11.7. The lowest BCUT2D eigenvalue weighted by Crippen LogP contribution is -2.19. The molecule has 0 saturated heterocycles. The lowest BCUT2D eigenvalue weighted by molar-refractivity contribution is -0.115. The molecule has 4 rings (SSSR count). The Kier molecular flexibility index (Phi) is 7.82. The number of thiazole rings is 1. The Labute approximate surface area is 206 Å². The van der Waals surface area contributed by atoms with E-state index in [0.717, 1.165) is 25.9 Å². The molecule has 8 heteroatoms. The molecule has 1 aromatic heterocycles. The third kappa shape index (κ3) is 5.76. The number of nitrogens with one attached hydrogen (secondary N) is 1. The van der Waals surface area contributed by atoms with Crippen LogP contribution in [0.25, 0.3) is 10.2 Å². The highest BCUT2D eigenvalue weighted by atomic mass is 32.2. The Balaban J connectivity index is 1.55. The summed E-state index contributed by atoms with van der Waals surface area (Å²) in [5.41, 5.74) is 2.79. The Bertz CT molecular complexity index is 1270. The fourth-order valence-electron chi connectivity index (χ4n) is 3.30. The van der Waals surface area contributed by atoms with Crippen LogP contribution in [0.15, 0.2) is 77.1 Å². The van der Waals surface area contributed by atoms with Crippen LogP contribution in [0.1, 0.15) is 35.0 Å². The number of nitrogens with zero attached hydrogens (tertiary/aromatic N) is 1. The number of amides is 1. The monoisotopic (exact) mass is 492 g/mol. The van der Waals surface area contributed by atoms with E-state index in [1.165, 1.54) is 23.1 Å². The number of anilines is 1.